The number of nitrogens with zero attached hydrogens (tertiary/aromatic N) is 2. The third-order valence-electron chi connectivity index (χ3n) is 5.65. The lowest BCUT2D eigenvalue weighted by Crippen LogP contribution is -2.26. The van der Waals surface area contributed by atoms with E-state index < -0.39 is 0 Å². The number of esters is 3. The molecule has 1 aliphatic rings. The first-order valence-corrected chi connectivity index (χ1v) is 11.4. The fraction of sp³-hybridized carbons (Fsp3) is 0.783. The molecule has 3 atom stereocenters. The van der Waals surface area contributed by atoms with E-state index in [1.54, 1.807) is 0 Å². The Bertz CT molecular complexity index is 692. The number of carbonyl (C=O) groups is 3. The van der Waals surface area contributed by atoms with E-state index in [0.29, 0.717) is 32.3 Å². The fourth-order valence-electron chi connectivity index (χ4n) is 4.23. The third kappa shape index (κ3) is 11.2. The normalized spacial score (nSPS) is 21.5. The molecule has 1 rings (SSSR count). The van der Waals surface area contributed by atoms with Crippen LogP contribution >= 0.6 is 0 Å². The van der Waals surface area contributed by atoms with Gasteiger partial charge in [-0.05, 0) is 44.9 Å². The zero-order valence-electron chi connectivity index (χ0n) is 20.5. The van der Waals surface area contributed by atoms with Gasteiger partial charge in [-0.3, -0.25) is 14.4 Å². The van der Waals surface area contributed by atoms with Gasteiger partial charge in [-0.1, -0.05) is 10.3 Å². The number of ether oxygens (including phenoxy) is 3. The monoisotopic (exact) mass is 470 g/mol. The van der Waals surface area contributed by atoms with Crippen molar-refractivity contribution >= 4 is 29.3 Å². The highest BCUT2D eigenvalue weighted by Gasteiger charge is 2.43. The number of carbonyl (C=O) groups excluding carboxylic acids is 3. The highest BCUT2D eigenvalue weighted by Crippen LogP contribution is 2.39. The summed E-state index contributed by atoms with van der Waals surface area (Å²) in [4.78, 5) is 44.3. The van der Waals surface area contributed by atoms with Crippen LogP contribution in [0.5, 0.6) is 0 Å². The molecular formula is C23H38N2O8. The Labute approximate surface area is 196 Å². The van der Waals surface area contributed by atoms with Crippen LogP contribution in [0.1, 0.15) is 71.6 Å². The van der Waals surface area contributed by atoms with Crippen molar-refractivity contribution < 1.29 is 38.3 Å². The van der Waals surface area contributed by atoms with Crippen molar-refractivity contribution in [3.63, 3.8) is 0 Å². The Morgan fingerprint density at radius 3 is 2.27 bits per heavy atom. The highest BCUT2D eigenvalue weighted by molar-refractivity contribution is 5.90. The quantitative estimate of drug-likeness (QED) is 0.117. The average molecular weight is 471 g/mol. The minimum absolute atomic E-state index is 0.0292. The van der Waals surface area contributed by atoms with Gasteiger partial charge in [-0.2, -0.15) is 0 Å². The zero-order valence-corrected chi connectivity index (χ0v) is 20.5. The van der Waals surface area contributed by atoms with Gasteiger partial charge in [-0.25, -0.2) is 0 Å². The molecule has 0 saturated heterocycles. The van der Waals surface area contributed by atoms with Crippen LogP contribution in [0.4, 0.5) is 0 Å². The molecule has 0 bridgehead atoms. The van der Waals surface area contributed by atoms with Crippen LogP contribution < -0.4 is 0 Å². The Kier molecular flexibility index (Phi) is 13.8. The maximum atomic E-state index is 11.7. The summed E-state index contributed by atoms with van der Waals surface area (Å²) in [5.41, 5.74) is 1.70. The largest absolute Gasteiger partial charge is 0.469 e. The van der Waals surface area contributed by atoms with Gasteiger partial charge in [0.1, 0.15) is 20.3 Å². The molecule has 0 aliphatic heterocycles. The van der Waals surface area contributed by atoms with Gasteiger partial charge in [0, 0.05) is 38.5 Å². The molecule has 0 radical (unpaired) electrons. The Morgan fingerprint density at radius 2 is 1.67 bits per heavy atom. The van der Waals surface area contributed by atoms with Crippen LogP contribution in [0.15, 0.2) is 10.3 Å². The SMILES string of the molecule is CO/N=C(/CCCCCOC(C)=O)CCC1C(OC(C)=O)C/C(=N/OC)C1CCC(=O)OC. The molecule has 0 spiro atoms. The minimum Gasteiger partial charge on any atom is -0.469 e. The van der Waals surface area contributed by atoms with Crippen LogP contribution in [0.25, 0.3) is 0 Å². The fourth-order valence-corrected chi connectivity index (χ4v) is 4.23. The summed E-state index contributed by atoms with van der Waals surface area (Å²) < 4.78 is 15.3. The summed E-state index contributed by atoms with van der Waals surface area (Å²) >= 11 is 0. The van der Waals surface area contributed by atoms with E-state index >= 15 is 0 Å². The van der Waals surface area contributed by atoms with Crippen molar-refractivity contribution in [1.82, 2.24) is 0 Å². The molecule has 1 aliphatic carbocycles. The molecule has 0 aromatic heterocycles. The van der Waals surface area contributed by atoms with E-state index in [0.717, 1.165) is 37.1 Å². The van der Waals surface area contributed by atoms with Crippen molar-refractivity contribution in [2.45, 2.75) is 77.7 Å². The van der Waals surface area contributed by atoms with Gasteiger partial charge in [0.05, 0.1) is 25.1 Å². The number of unbranched alkanes of at least 4 members (excludes halogenated alkanes) is 2. The number of oxime groups is 2. The average Bonchev–Trinajstić information content (AvgIpc) is 3.07. The second kappa shape index (κ2) is 16.0. The molecule has 10 heteroatoms. The van der Waals surface area contributed by atoms with Crippen LogP contribution in [-0.2, 0) is 38.3 Å². The molecule has 1 fully saturated rings. The predicted molar refractivity (Wildman–Crippen MR) is 122 cm³/mol. The van der Waals surface area contributed by atoms with Gasteiger partial charge in [0.15, 0.2) is 0 Å². The first-order chi connectivity index (χ1) is 15.8. The van der Waals surface area contributed by atoms with Crippen LogP contribution in [0.3, 0.4) is 0 Å². The molecule has 0 aromatic rings. The number of rotatable bonds is 15. The van der Waals surface area contributed by atoms with Gasteiger partial charge >= 0.3 is 17.9 Å². The van der Waals surface area contributed by atoms with E-state index in [9.17, 15) is 14.4 Å². The first-order valence-electron chi connectivity index (χ1n) is 11.4. The molecular weight excluding hydrogens is 432 g/mol. The lowest BCUT2D eigenvalue weighted by atomic mass is 9.85. The van der Waals surface area contributed by atoms with Gasteiger partial charge < -0.3 is 23.9 Å². The standard InChI is InChI=1S/C23H38N2O8/c1-16(26)32-14-8-6-7-9-18(24-30-4)10-11-20-19(12-13-23(28)29-3)21(25-31-5)15-22(20)33-17(2)27/h19-20,22H,6-15H2,1-5H3/b24-18-,25-21-. The molecule has 0 N–H and O–H groups in total. The topological polar surface area (TPSA) is 122 Å². The molecule has 3 unspecified atom stereocenters. The summed E-state index contributed by atoms with van der Waals surface area (Å²) in [5, 5.41) is 8.33. The number of hydrogen-bond donors (Lipinski definition) is 0. The van der Waals surface area contributed by atoms with Gasteiger partial charge in [0.25, 0.3) is 0 Å². The van der Waals surface area contributed by atoms with Crippen molar-refractivity contribution in [3.05, 3.63) is 0 Å². The highest BCUT2D eigenvalue weighted by atomic mass is 16.6. The molecule has 0 heterocycles. The van der Waals surface area contributed by atoms with E-state index in [2.05, 4.69) is 10.3 Å². The summed E-state index contributed by atoms with van der Waals surface area (Å²) in [5.74, 6) is -1.01. The lowest BCUT2D eigenvalue weighted by molar-refractivity contribution is -0.149. The molecule has 10 nitrogen and oxygen atoms in total. The molecule has 0 amide bonds. The van der Waals surface area contributed by atoms with Crippen molar-refractivity contribution in [3.8, 4) is 0 Å². The van der Waals surface area contributed by atoms with Crippen molar-refractivity contribution in [2.24, 2.45) is 22.1 Å². The maximum Gasteiger partial charge on any atom is 0.305 e. The second-order valence-electron chi connectivity index (χ2n) is 8.03. The van der Waals surface area contributed by atoms with E-state index in [1.165, 1.54) is 35.2 Å². The van der Waals surface area contributed by atoms with Gasteiger partial charge in [0.2, 0.25) is 0 Å². The third-order valence-corrected chi connectivity index (χ3v) is 5.65. The van der Waals surface area contributed by atoms with E-state index in [1.807, 2.05) is 0 Å². The van der Waals surface area contributed by atoms with Crippen molar-refractivity contribution in [1.29, 1.82) is 0 Å². The molecule has 33 heavy (non-hydrogen) atoms. The minimum atomic E-state index is -0.353. The lowest BCUT2D eigenvalue weighted by Gasteiger charge is -2.24. The Balaban J connectivity index is 2.80. The number of methoxy groups -OCH3 is 1. The molecule has 0 aromatic carbocycles. The zero-order chi connectivity index (χ0) is 24.6. The summed E-state index contributed by atoms with van der Waals surface area (Å²) in [6.45, 7) is 3.21. The van der Waals surface area contributed by atoms with E-state index in [-0.39, 0.29) is 42.3 Å². The van der Waals surface area contributed by atoms with Crippen molar-refractivity contribution in [2.75, 3.05) is 27.9 Å². The Hall–Kier alpha value is -2.65. The molecule has 1 saturated carbocycles. The summed E-state index contributed by atoms with van der Waals surface area (Å²) in [6, 6.07) is 0. The molecule has 188 valence electrons. The summed E-state index contributed by atoms with van der Waals surface area (Å²) in [7, 11) is 4.35. The number of hydrogen-bond acceptors (Lipinski definition) is 10. The van der Waals surface area contributed by atoms with Gasteiger partial charge in [-0.15, -0.1) is 0 Å². The maximum absolute atomic E-state index is 11.7. The first kappa shape index (κ1) is 28.4. The van der Waals surface area contributed by atoms with Crippen LogP contribution in [0.2, 0.25) is 0 Å². The second-order valence-corrected chi connectivity index (χ2v) is 8.03. The van der Waals surface area contributed by atoms with Crippen LogP contribution in [0, 0.1) is 11.8 Å². The smallest absolute Gasteiger partial charge is 0.305 e. The van der Waals surface area contributed by atoms with Crippen LogP contribution in [-0.4, -0.2) is 63.4 Å². The predicted octanol–water partition coefficient (Wildman–Crippen LogP) is 3.42. The Morgan fingerprint density at radius 1 is 0.909 bits per heavy atom. The van der Waals surface area contributed by atoms with E-state index in [4.69, 9.17) is 23.9 Å². The summed E-state index contributed by atoms with van der Waals surface area (Å²) in [6.07, 6.45) is 5.61.